The maximum absolute atomic E-state index is 12.3. The number of halogens is 3. The van der Waals surface area contributed by atoms with Crippen molar-refractivity contribution in [3.8, 4) is 0 Å². The average Bonchev–Trinajstić information content (AvgIpc) is 2.44. The number of nitrogens with zero attached hydrogens (tertiary/aromatic N) is 1. The van der Waals surface area contributed by atoms with Crippen molar-refractivity contribution in [3.05, 3.63) is 0 Å². The molecule has 0 radical (unpaired) electrons. The van der Waals surface area contributed by atoms with E-state index < -0.39 is 18.5 Å². The number of hydrogen-bond donors (Lipinski definition) is 1. The lowest BCUT2D eigenvalue weighted by Crippen LogP contribution is -2.55. The lowest BCUT2D eigenvalue weighted by Gasteiger charge is -2.37. The zero-order valence-corrected chi connectivity index (χ0v) is 9.76. The van der Waals surface area contributed by atoms with Gasteiger partial charge in [0.05, 0.1) is 6.42 Å². The summed E-state index contributed by atoms with van der Waals surface area (Å²) in [5.41, 5.74) is 0. The van der Waals surface area contributed by atoms with Crippen molar-refractivity contribution in [2.24, 2.45) is 5.92 Å². The van der Waals surface area contributed by atoms with Crippen LogP contribution in [0.25, 0.3) is 0 Å². The minimum atomic E-state index is -4.26. The molecular weight excluding hydrogens is 233 g/mol. The summed E-state index contributed by atoms with van der Waals surface area (Å²) in [6.45, 7) is 2.79. The van der Waals surface area contributed by atoms with Crippen LogP contribution < -0.4 is 5.32 Å². The van der Waals surface area contributed by atoms with E-state index in [2.05, 4.69) is 5.32 Å². The molecule has 0 aromatic rings. The van der Waals surface area contributed by atoms with E-state index in [1.165, 1.54) is 6.92 Å². The molecule has 98 valence electrons. The van der Waals surface area contributed by atoms with Crippen LogP contribution in [0.1, 0.15) is 26.2 Å². The molecule has 1 amide bonds. The topological polar surface area (TPSA) is 32.3 Å². The first-order chi connectivity index (χ1) is 7.88. The van der Waals surface area contributed by atoms with E-state index in [9.17, 15) is 18.0 Å². The van der Waals surface area contributed by atoms with Crippen LogP contribution in [0.2, 0.25) is 0 Å². The van der Waals surface area contributed by atoms with E-state index in [1.807, 2.05) is 0 Å². The highest BCUT2D eigenvalue weighted by Crippen LogP contribution is 2.31. The van der Waals surface area contributed by atoms with Gasteiger partial charge in [-0.3, -0.25) is 4.79 Å². The summed E-state index contributed by atoms with van der Waals surface area (Å²) in [6.07, 6.45) is -3.47. The zero-order valence-electron chi connectivity index (χ0n) is 9.76. The predicted octanol–water partition coefficient (Wildman–Crippen LogP) is 1.54. The van der Waals surface area contributed by atoms with Crippen LogP contribution in [-0.4, -0.2) is 42.2 Å². The Labute approximate surface area is 98.3 Å². The second-order valence-electron chi connectivity index (χ2n) is 5.01. The largest absolute Gasteiger partial charge is 0.389 e. The summed E-state index contributed by atoms with van der Waals surface area (Å²) in [5.74, 6) is -1.30. The van der Waals surface area contributed by atoms with Gasteiger partial charge in [0.2, 0.25) is 5.91 Å². The van der Waals surface area contributed by atoms with Crippen LogP contribution >= 0.6 is 0 Å². The Morgan fingerprint density at radius 3 is 2.35 bits per heavy atom. The van der Waals surface area contributed by atoms with Crippen molar-refractivity contribution in [2.45, 2.75) is 44.4 Å². The summed E-state index contributed by atoms with van der Waals surface area (Å²) >= 11 is 0. The Balaban J connectivity index is 2.00. The molecule has 2 bridgehead atoms. The van der Waals surface area contributed by atoms with Gasteiger partial charge < -0.3 is 10.2 Å². The van der Waals surface area contributed by atoms with E-state index >= 15 is 0 Å². The number of piperazine rings is 1. The molecule has 2 heterocycles. The van der Waals surface area contributed by atoms with Crippen molar-refractivity contribution in [1.29, 1.82) is 0 Å². The number of fused-ring (bicyclic) bond motifs is 2. The van der Waals surface area contributed by atoms with Crippen molar-refractivity contribution in [2.75, 3.05) is 13.1 Å². The molecule has 3 nitrogen and oxygen atoms in total. The number of carbonyl (C=O) groups is 1. The highest BCUT2D eigenvalue weighted by molar-refractivity contribution is 5.79. The average molecular weight is 250 g/mol. The summed E-state index contributed by atoms with van der Waals surface area (Å²) in [6, 6.07) is 0.189. The summed E-state index contributed by atoms with van der Waals surface area (Å²) < 4.78 is 36.8. The van der Waals surface area contributed by atoms with Gasteiger partial charge in [-0.15, -0.1) is 0 Å². The van der Waals surface area contributed by atoms with Crippen molar-refractivity contribution >= 4 is 5.91 Å². The normalized spacial score (nSPS) is 30.5. The Hall–Kier alpha value is -0.780. The second-order valence-corrected chi connectivity index (χ2v) is 5.01. The van der Waals surface area contributed by atoms with Gasteiger partial charge in [-0.2, -0.15) is 13.2 Å². The summed E-state index contributed by atoms with van der Waals surface area (Å²) in [5, 5.41) is 3.20. The number of rotatable bonds is 2. The van der Waals surface area contributed by atoms with Crippen molar-refractivity contribution < 1.29 is 18.0 Å². The Kier molecular flexibility index (Phi) is 3.34. The number of amides is 1. The molecular formula is C11H17F3N2O. The zero-order chi connectivity index (χ0) is 12.6. The molecule has 0 aliphatic carbocycles. The van der Waals surface area contributed by atoms with Gasteiger partial charge in [0.1, 0.15) is 0 Å². The maximum Gasteiger partial charge on any atom is 0.389 e. The van der Waals surface area contributed by atoms with Gasteiger partial charge >= 0.3 is 6.18 Å². The van der Waals surface area contributed by atoms with Crippen LogP contribution in [0.15, 0.2) is 0 Å². The number of nitrogens with one attached hydrogen (secondary N) is 1. The standard InChI is InChI=1S/C11H17F3N2O/c1-7(4-11(12,13)14)10(17)16-8-2-3-9(16)6-15-5-8/h7-9,15H,2-6H2,1H3. The van der Waals surface area contributed by atoms with Gasteiger partial charge in [-0.05, 0) is 12.8 Å². The van der Waals surface area contributed by atoms with Crippen LogP contribution in [0.3, 0.4) is 0 Å². The molecule has 0 aromatic carbocycles. The first-order valence-electron chi connectivity index (χ1n) is 5.98. The molecule has 0 aromatic heterocycles. The molecule has 3 unspecified atom stereocenters. The molecule has 6 heteroatoms. The van der Waals surface area contributed by atoms with Crippen LogP contribution in [0.4, 0.5) is 13.2 Å². The Bertz CT molecular complexity index is 290. The fraction of sp³-hybridized carbons (Fsp3) is 0.909. The number of alkyl halides is 3. The molecule has 0 saturated carbocycles. The Morgan fingerprint density at radius 2 is 1.88 bits per heavy atom. The maximum atomic E-state index is 12.3. The fourth-order valence-electron chi connectivity index (χ4n) is 2.83. The van der Waals surface area contributed by atoms with E-state index in [4.69, 9.17) is 0 Å². The minimum absolute atomic E-state index is 0.0944. The first-order valence-corrected chi connectivity index (χ1v) is 5.98. The molecule has 2 aliphatic heterocycles. The monoisotopic (exact) mass is 250 g/mol. The third-order valence-corrected chi connectivity index (χ3v) is 3.59. The van der Waals surface area contributed by atoms with E-state index in [1.54, 1.807) is 4.90 Å². The lowest BCUT2D eigenvalue weighted by atomic mass is 10.0. The third-order valence-electron chi connectivity index (χ3n) is 3.59. The third kappa shape index (κ3) is 2.73. The number of carbonyl (C=O) groups excluding carboxylic acids is 1. The molecule has 3 atom stereocenters. The number of hydrogen-bond acceptors (Lipinski definition) is 2. The van der Waals surface area contributed by atoms with E-state index in [0.717, 1.165) is 12.8 Å². The van der Waals surface area contributed by atoms with Crippen molar-refractivity contribution in [1.82, 2.24) is 10.2 Å². The molecule has 2 saturated heterocycles. The highest BCUT2D eigenvalue weighted by atomic mass is 19.4. The smallest absolute Gasteiger partial charge is 0.334 e. The molecule has 0 spiro atoms. The lowest BCUT2D eigenvalue weighted by molar-refractivity contribution is -0.160. The van der Waals surface area contributed by atoms with Gasteiger partial charge in [0.25, 0.3) is 0 Å². The minimum Gasteiger partial charge on any atom is -0.334 e. The molecule has 2 fully saturated rings. The van der Waals surface area contributed by atoms with Crippen LogP contribution in [0.5, 0.6) is 0 Å². The van der Waals surface area contributed by atoms with Crippen LogP contribution in [0, 0.1) is 5.92 Å². The SMILES string of the molecule is CC(CC(F)(F)F)C(=O)N1C2CCC1CNC2. The van der Waals surface area contributed by atoms with Gasteiger partial charge in [-0.1, -0.05) is 6.92 Å². The first kappa shape index (κ1) is 12.7. The van der Waals surface area contributed by atoms with E-state index in [0.29, 0.717) is 13.1 Å². The fourth-order valence-corrected chi connectivity index (χ4v) is 2.83. The quantitative estimate of drug-likeness (QED) is 0.806. The van der Waals surface area contributed by atoms with Crippen LogP contribution in [-0.2, 0) is 4.79 Å². The summed E-state index contributed by atoms with van der Waals surface area (Å²) in [4.78, 5) is 13.7. The van der Waals surface area contributed by atoms with Gasteiger partial charge in [0, 0.05) is 31.1 Å². The van der Waals surface area contributed by atoms with Crippen molar-refractivity contribution in [3.63, 3.8) is 0 Å². The molecule has 2 aliphatic rings. The second kappa shape index (κ2) is 4.48. The predicted molar refractivity (Wildman–Crippen MR) is 56.4 cm³/mol. The highest BCUT2D eigenvalue weighted by Gasteiger charge is 2.43. The summed E-state index contributed by atoms with van der Waals surface area (Å²) in [7, 11) is 0. The Morgan fingerprint density at radius 1 is 1.35 bits per heavy atom. The molecule has 2 rings (SSSR count). The molecule has 1 N–H and O–H groups in total. The van der Waals surface area contributed by atoms with Gasteiger partial charge in [0.15, 0.2) is 0 Å². The van der Waals surface area contributed by atoms with E-state index in [-0.39, 0.29) is 18.0 Å². The van der Waals surface area contributed by atoms with Gasteiger partial charge in [-0.25, -0.2) is 0 Å². The molecule has 17 heavy (non-hydrogen) atoms.